The number of hydrogen-bond acceptors (Lipinski definition) is 1. The fraction of sp³-hybridized carbons (Fsp3) is 0.208. The summed E-state index contributed by atoms with van der Waals surface area (Å²) in [4.78, 5) is 2.63. The van der Waals surface area contributed by atoms with Gasteiger partial charge in [0.15, 0.2) is 0 Å². The standard InChI is InChI=1S/C53H47N/c1-53(2)49-24-14-13-19-43(49)44-34-29-40(35-50(44)53)51-45-20-9-11-22-47(45)52(48-23-12-10-21-46(48)51)54(41-30-25-38(26-31-41)36-15-5-3-6-16-36)42-32-27-39(28-33-42)37-17-7-4-8-18-37/h3-8,13-19,24-35H,9-12,20-23H2,1-2H3. The van der Waals surface area contributed by atoms with E-state index in [9.17, 15) is 0 Å². The highest BCUT2D eigenvalue weighted by Gasteiger charge is 2.37. The van der Waals surface area contributed by atoms with Crippen LogP contribution in [0.2, 0.25) is 0 Å². The van der Waals surface area contributed by atoms with Gasteiger partial charge in [-0.3, -0.25) is 0 Å². The van der Waals surface area contributed by atoms with E-state index in [0.717, 1.165) is 25.7 Å². The van der Waals surface area contributed by atoms with Gasteiger partial charge < -0.3 is 4.90 Å². The summed E-state index contributed by atoms with van der Waals surface area (Å²) in [6, 6.07) is 56.7. The van der Waals surface area contributed by atoms with Crippen LogP contribution in [-0.2, 0) is 31.1 Å². The summed E-state index contributed by atoms with van der Waals surface area (Å²) in [5.74, 6) is 0. The summed E-state index contributed by atoms with van der Waals surface area (Å²) >= 11 is 0. The topological polar surface area (TPSA) is 3.24 Å². The zero-order valence-electron chi connectivity index (χ0n) is 31.5. The van der Waals surface area contributed by atoms with Crippen molar-refractivity contribution < 1.29 is 0 Å². The molecule has 10 rings (SSSR count). The van der Waals surface area contributed by atoms with E-state index in [2.05, 4.69) is 170 Å². The second-order valence-electron chi connectivity index (χ2n) is 16.1. The predicted molar refractivity (Wildman–Crippen MR) is 228 cm³/mol. The van der Waals surface area contributed by atoms with Crippen LogP contribution in [0.3, 0.4) is 0 Å². The van der Waals surface area contributed by atoms with Crippen molar-refractivity contribution in [2.75, 3.05) is 4.90 Å². The first-order valence-corrected chi connectivity index (χ1v) is 20.1. The predicted octanol–water partition coefficient (Wildman–Crippen LogP) is 14.2. The Morgan fingerprint density at radius 3 is 1.35 bits per heavy atom. The minimum absolute atomic E-state index is 0.0172. The van der Waals surface area contributed by atoms with Crippen molar-refractivity contribution in [1.82, 2.24) is 0 Å². The molecule has 0 saturated carbocycles. The van der Waals surface area contributed by atoms with Gasteiger partial charge in [0, 0.05) is 16.8 Å². The van der Waals surface area contributed by atoms with Crippen molar-refractivity contribution in [3.05, 3.63) is 185 Å². The zero-order chi connectivity index (χ0) is 36.2. The van der Waals surface area contributed by atoms with Gasteiger partial charge in [-0.05, 0) is 160 Å². The van der Waals surface area contributed by atoms with E-state index >= 15 is 0 Å². The maximum atomic E-state index is 2.63. The lowest BCUT2D eigenvalue weighted by molar-refractivity contribution is 0.658. The van der Waals surface area contributed by atoms with Gasteiger partial charge in [-0.15, -0.1) is 0 Å². The number of anilines is 3. The van der Waals surface area contributed by atoms with Crippen molar-refractivity contribution in [3.8, 4) is 44.5 Å². The molecule has 0 aliphatic heterocycles. The number of rotatable bonds is 6. The first kappa shape index (κ1) is 32.9. The van der Waals surface area contributed by atoms with Gasteiger partial charge in [0.1, 0.15) is 0 Å². The highest BCUT2D eigenvalue weighted by Crippen LogP contribution is 2.53. The van der Waals surface area contributed by atoms with Gasteiger partial charge in [0.2, 0.25) is 0 Å². The van der Waals surface area contributed by atoms with Crippen LogP contribution < -0.4 is 4.90 Å². The summed E-state index contributed by atoms with van der Waals surface area (Å²) in [7, 11) is 0. The monoisotopic (exact) mass is 697 g/mol. The Balaban J connectivity index is 1.18. The van der Waals surface area contributed by atoms with Crippen LogP contribution in [0.4, 0.5) is 17.1 Å². The SMILES string of the molecule is CC1(C)c2ccccc2-c2ccc(-c3c4c(c(N(c5ccc(-c6ccccc6)cc5)c5ccc(-c6ccccc6)cc5)c5c3CCCC5)CCCC4)cc21. The highest BCUT2D eigenvalue weighted by molar-refractivity contribution is 5.91. The third-order valence-electron chi connectivity index (χ3n) is 12.7. The van der Waals surface area contributed by atoms with Gasteiger partial charge in [-0.25, -0.2) is 0 Å². The summed E-state index contributed by atoms with van der Waals surface area (Å²) in [5, 5.41) is 0. The Bertz CT molecular complexity index is 2370. The summed E-state index contributed by atoms with van der Waals surface area (Å²) in [6.45, 7) is 4.83. The van der Waals surface area contributed by atoms with Crippen LogP contribution in [0.15, 0.2) is 152 Å². The van der Waals surface area contributed by atoms with Crippen molar-refractivity contribution >= 4 is 17.1 Å². The summed E-state index contributed by atoms with van der Waals surface area (Å²) < 4.78 is 0. The summed E-state index contributed by atoms with van der Waals surface area (Å²) in [5.41, 5.74) is 23.9. The minimum Gasteiger partial charge on any atom is -0.310 e. The molecule has 3 aliphatic rings. The van der Waals surface area contributed by atoms with E-state index in [-0.39, 0.29) is 5.41 Å². The van der Waals surface area contributed by atoms with Crippen LogP contribution in [0, 0.1) is 0 Å². The molecule has 0 spiro atoms. The number of hydrogen-bond donors (Lipinski definition) is 0. The molecule has 0 saturated heterocycles. The molecule has 0 bridgehead atoms. The number of nitrogens with zero attached hydrogens (tertiary/aromatic N) is 1. The Morgan fingerprint density at radius 2 is 0.815 bits per heavy atom. The number of benzene rings is 7. The molecule has 0 aromatic heterocycles. The normalized spacial score (nSPS) is 15.1. The lowest BCUT2D eigenvalue weighted by Crippen LogP contribution is -2.22. The summed E-state index contributed by atoms with van der Waals surface area (Å²) in [6.07, 6.45) is 9.48. The highest BCUT2D eigenvalue weighted by atomic mass is 15.1. The van der Waals surface area contributed by atoms with E-state index in [4.69, 9.17) is 0 Å². The molecule has 264 valence electrons. The van der Waals surface area contributed by atoms with E-state index in [0.29, 0.717) is 0 Å². The smallest absolute Gasteiger partial charge is 0.0531 e. The fourth-order valence-electron chi connectivity index (χ4n) is 10.0. The van der Waals surface area contributed by atoms with Crippen molar-refractivity contribution in [2.24, 2.45) is 0 Å². The molecular weight excluding hydrogens is 651 g/mol. The largest absolute Gasteiger partial charge is 0.310 e. The third-order valence-corrected chi connectivity index (χ3v) is 12.7. The lowest BCUT2D eigenvalue weighted by atomic mass is 9.74. The van der Waals surface area contributed by atoms with Crippen molar-refractivity contribution in [1.29, 1.82) is 0 Å². The first-order chi connectivity index (χ1) is 26.6. The second-order valence-corrected chi connectivity index (χ2v) is 16.1. The average Bonchev–Trinajstić information content (AvgIpc) is 3.47. The Morgan fingerprint density at radius 1 is 0.389 bits per heavy atom. The molecule has 0 fully saturated rings. The average molecular weight is 698 g/mol. The molecule has 7 aromatic carbocycles. The van der Waals surface area contributed by atoms with Gasteiger partial charge in [-0.1, -0.05) is 135 Å². The Kier molecular flexibility index (Phi) is 8.13. The van der Waals surface area contributed by atoms with Crippen LogP contribution in [0.5, 0.6) is 0 Å². The molecule has 7 aromatic rings. The quantitative estimate of drug-likeness (QED) is 0.167. The van der Waals surface area contributed by atoms with Gasteiger partial charge in [-0.2, -0.15) is 0 Å². The van der Waals surface area contributed by atoms with Gasteiger partial charge >= 0.3 is 0 Å². The molecule has 1 heteroatoms. The molecule has 1 nitrogen and oxygen atoms in total. The van der Waals surface area contributed by atoms with Crippen LogP contribution >= 0.6 is 0 Å². The maximum Gasteiger partial charge on any atom is 0.0531 e. The first-order valence-electron chi connectivity index (χ1n) is 20.1. The van der Waals surface area contributed by atoms with E-state index in [1.807, 2.05) is 0 Å². The molecule has 0 N–H and O–H groups in total. The molecule has 0 amide bonds. The minimum atomic E-state index is -0.0172. The Hall–Kier alpha value is -5.66. The Labute approximate surface area is 321 Å². The molecular formula is C53H47N. The second kappa shape index (κ2) is 13.3. The van der Waals surface area contributed by atoms with E-state index in [1.165, 1.54) is 92.8 Å². The maximum absolute atomic E-state index is 2.63. The molecule has 54 heavy (non-hydrogen) atoms. The molecule has 3 aliphatic carbocycles. The number of fused-ring (bicyclic) bond motifs is 5. The molecule has 0 unspecified atom stereocenters. The van der Waals surface area contributed by atoms with Crippen LogP contribution in [0.25, 0.3) is 44.5 Å². The van der Waals surface area contributed by atoms with Crippen molar-refractivity contribution in [3.63, 3.8) is 0 Å². The van der Waals surface area contributed by atoms with E-state index in [1.54, 1.807) is 27.8 Å². The molecule has 0 atom stereocenters. The van der Waals surface area contributed by atoms with Crippen LogP contribution in [-0.4, -0.2) is 0 Å². The molecule has 0 heterocycles. The fourth-order valence-corrected chi connectivity index (χ4v) is 10.0. The van der Waals surface area contributed by atoms with E-state index < -0.39 is 0 Å². The lowest BCUT2D eigenvalue weighted by Gasteiger charge is -2.37. The van der Waals surface area contributed by atoms with Crippen LogP contribution in [0.1, 0.15) is 72.9 Å². The van der Waals surface area contributed by atoms with Gasteiger partial charge in [0.25, 0.3) is 0 Å². The van der Waals surface area contributed by atoms with Gasteiger partial charge in [0.05, 0.1) is 5.69 Å². The van der Waals surface area contributed by atoms with Crippen molar-refractivity contribution in [2.45, 2.75) is 70.6 Å². The zero-order valence-corrected chi connectivity index (χ0v) is 31.5. The third kappa shape index (κ3) is 5.44. The molecule has 0 radical (unpaired) electrons.